The third-order valence-electron chi connectivity index (χ3n) is 5.14. The van der Waals surface area contributed by atoms with Crippen LogP contribution in [-0.4, -0.2) is 48.4 Å². The van der Waals surface area contributed by atoms with Crippen molar-refractivity contribution in [2.75, 3.05) is 32.7 Å². The Kier molecular flexibility index (Phi) is 5.49. The normalized spacial score (nSPS) is 21.5. The Bertz CT molecular complexity index is 468. The molecule has 1 aliphatic carbocycles. The fraction of sp³-hybridized carbons (Fsp3) is 0.632. The minimum atomic E-state index is 0.195. The van der Waals surface area contributed by atoms with Crippen LogP contribution in [-0.2, 0) is 0 Å². The second kappa shape index (κ2) is 7.77. The van der Waals surface area contributed by atoms with Crippen LogP contribution in [0.4, 0.5) is 0 Å². The highest BCUT2D eigenvalue weighted by molar-refractivity contribution is 5.94. The van der Waals surface area contributed by atoms with Crippen LogP contribution >= 0.6 is 0 Å². The van der Waals surface area contributed by atoms with Crippen LogP contribution in [0.25, 0.3) is 0 Å². The molecule has 0 N–H and O–H groups in total. The van der Waals surface area contributed by atoms with Crippen LogP contribution in [0, 0.1) is 5.92 Å². The molecule has 1 aromatic rings. The summed E-state index contributed by atoms with van der Waals surface area (Å²) in [5, 5.41) is 0. The third kappa shape index (κ3) is 4.10. The first-order valence-electron chi connectivity index (χ1n) is 8.89. The molecule has 1 aromatic carbocycles. The number of carbonyl (C=O) groups excluding carboxylic acids is 1. The lowest BCUT2D eigenvalue weighted by Crippen LogP contribution is -2.36. The lowest BCUT2D eigenvalue weighted by atomic mass is 9.89. The highest BCUT2D eigenvalue weighted by Gasteiger charge is 2.22. The Labute approximate surface area is 134 Å². The van der Waals surface area contributed by atoms with Gasteiger partial charge in [-0.25, -0.2) is 0 Å². The number of hydrogen-bond donors (Lipinski definition) is 0. The maximum atomic E-state index is 12.6. The van der Waals surface area contributed by atoms with E-state index in [-0.39, 0.29) is 5.91 Å². The molecule has 0 bridgehead atoms. The Morgan fingerprint density at radius 2 is 1.68 bits per heavy atom. The zero-order chi connectivity index (χ0) is 15.2. The highest BCUT2D eigenvalue weighted by atomic mass is 16.2. The zero-order valence-electron chi connectivity index (χ0n) is 13.5. The Morgan fingerprint density at radius 3 is 2.45 bits per heavy atom. The van der Waals surface area contributed by atoms with Gasteiger partial charge in [0.1, 0.15) is 0 Å². The van der Waals surface area contributed by atoms with E-state index in [2.05, 4.69) is 4.90 Å². The Balaban J connectivity index is 1.52. The van der Waals surface area contributed by atoms with Crippen LogP contribution in [0.1, 0.15) is 48.9 Å². The number of carbonyl (C=O) groups is 1. The number of amides is 1. The van der Waals surface area contributed by atoms with E-state index in [0.717, 1.165) is 44.1 Å². The van der Waals surface area contributed by atoms with E-state index in [1.54, 1.807) is 0 Å². The van der Waals surface area contributed by atoms with E-state index in [4.69, 9.17) is 0 Å². The molecule has 3 heteroatoms. The number of hydrogen-bond acceptors (Lipinski definition) is 2. The van der Waals surface area contributed by atoms with Crippen LogP contribution in [0.5, 0.6) is 0 Å². The van der Waals surface area contributed by atoms with Gasteiger partial charge < -0.3 is 9.80 Å². The summed E-state index contributed by atoms with van der Waals surface area (Å²) in [4.78, 5) is 17.2. The highest BCUT2D eigenvalue weighted by Crippen LogP contribution is 2.24. The van der Waals surface area contributed by atoms with Crippen LogP contribution in [0.15, 0.2) is 30.3 Å². The molecule has 0 spiro atoms. The molecule has 2 aliphatic rings. The molecule has 1 saturated carbocycles. The van der Waals surface area contributed by atoms with Crippen LogP contribution in [0.2, 0.25) is 0 Å². The summed E-state index contributed by atoms with van der Waals surface area (Å²) < 4.78 is 0. The molecule has 3 nitrogen and oxygen atoms in total. The van der Waals surface area contributed by atoms with Crippen molar-refractivity contribution < 1.29 is 4.79 Å². The summed E-state index contributed by atoms with van der Waals surface area (Å²) >= 11 is 0. The third-order valence-corrected chi connectivity index (χ3v) is 5.14. The molecule has 1 heterocycles. The summed E-state index contributed by atoms with van der Waals surface area (Å²) in [5.41, 5.74) is 0.822. The van der Waals surface area contributed by atoms with Crippen molar-refractivity contribution >= 4 is 5.91 Å². The molecule has 1 aliphatic heterocycles. The van der Waals surface area contributed by atoms with E-state index >= 15 is 0 Å². The fourth-order valence-electron chi connectivity index (χ4n) is 3.85. The van der Waals surface area contributed by atoms with Gasteiger partial charge in [0.25, 0.3) is 5.91 Å². The minimum Gasteiger partial charge on any atom is -0.337 e. The SMILES string of the molecule is O=C(c1ccccc1)N1CCCN(CC2CCCCC2)CC1. The lowest BCUT2D eigenvalue weighted by Gasteiger charge is -2.28. The molecule has 1 saturated heterocycles. The van der Waals surface area contributed by atoms with Crippen molar-refractivity contribution in [3.8, 4) is 0 Å². The number of nitrogens with zero attached hydrogens (tertiary/aromatic N) is 2. The van der Waals surface area contributed by atoms with Crippen LogP contribution < -0.4 is 0 Å². The van der Waals surface area contributed by atoms with Gasteiger partial charge in [0, 0.05) is 31.7 Å². The molecular weight excluding hydrogens is 272 g/mol. The van der Waals surface area contributed by atoms with Gasteiger partial charge in [-0.3, -0.25) is 4.79 Å². The molecular formula is C19H28N2O. The predicted octanol–water partition coefficient (Wildman–Crippen LogP) is 3.41. The van der Waals surface area contributed by atoms with E-state index in [9.17, 15) is 4.79 Å². The van der Waals surface area contributed by atoms with Gasteiger partial charge in [0.2, 0.25) is 0 Å². The van der Waals surface area contributed by atoms with Gasteiger partial charge in [0.05, 0.1) is 0 Å². The van der Waals surface area contributed by atoms with E-state index in [1.807, 2.05) is 35.2 Å². The van der Waals surface area contributed by atoms with Crippen LogP contribution in [0.3, 0.4) is 0 Å². The summed E-state index contributed by atoms with van der Waals surface area (Å²) in [5.74, 6) is 1.09. The molecule has 0 atom stereocenters. The fourth-order valence-corrected chi connectivity index (χ4v) is 3.85. The standard InChI is InChI=1S/C19H28N2O/c22-19(18-10-5-2-6-11-18)21-13-7-12-20(14-15-21)16-17-8-3-1-4-9-17/h2,5-6,10-11,17H,1,3-4,7-9,12-16H2. The molecule has 0 aromatic heterocycles. The minimum absolute atomic E-state index is 0.195. The molecule has 120 valence electrons. The smallest absolute Gasteiger partial charge is 0.253 e. The number of benzene rings is 1. The maximum absolute atomic E-state index is 12.6. The molecule has 0 radical (unpaired) electrons. The van der Waals surface area contributed by atoms with E-state index in [0.29, 0.717) is 0 Å². The summed E-state index contributed by atoms with van der Waals surface area (Å²) in [6.07, 6.45) is 8.17. The van der Waals surface area contributed by atoms with Crippen molar-refractivity contribution in [1.29, 1.82) is 0 Å². The molecule has 1 amide bonds. The first-order chi connectivity index (χ1) is 10.8. The van der Waals surface area contributed by atoms with Crippen molar-refractivity contribution in [3.05, 3.63) is 35.9 Å². The van der Waals surface area contributed by atoms with Crippen molar-refractivity contribution in [3.63, 3.8) is 0 Å². The van der Waals surface area contributed by atoms with Gasteiger partial charge in [-0.15, -0.1) is 0 Å². The van der Waals surface area contributed by atoms with Gasteiger partial charge in [-0.05, 0) is 43.9 Å². The summed E-state index contributed by atoms with van der Waals surface area (Å²) in [6, 6.07) is 9.70. The van der Waals surface area contributed by atoms with Gasteiger partial charge in [-0.2, -0.15) is 0 Å². The molecule has 2 fully saturated rings. The maximum Gasteiger partial charge on any atom is 0.253 e. The van der Waals surface area contributed by atoms with Crippen molar-refractivity contribution in [2.24, 2.45) is 5.92 Å². The average molecular weight is 300 g/mol. The predicted molar refractivity (Wildman–Crippen MR) is 90.0 cm³/mol. The Morgan fingerprint density at radius 1 is 0.909 bits per heavy atom. The van der Waals surface area contributed by atoms with E-state index in [1.165, 1.54) is 38.6 Å². The van der Waals surface area contributed by atoms with Crippen molar-refractivity contribution in [2.45, 2.75) is 38.5 Å². The monoisotopic (exact) mass is 300 g/mol. The first-order valence-corrected chi connectivity index (χ1v) is 8.89. The molecule has 0 unspecified atom stereocenters. The largest absolute Gasteiger partial charge is 0.337 e. The average Bonchev–Trinajstić information content (AvgIpc) is 2.82. The topological polar surface area (TPSA) is 23.6 Å². The van der Waals surface area contributed by atoms with Gasteiger partial charge in [0.15, 0.2) is 0 Å². The second-order valence-electron chi connectivity index (χ2n) is 6.82. The van der Waals surface area contributed by atoms with Crippen molar-refractivity contribution in [1.82, 2.24) is 9.80 Å². The Hall–Kier alpha value is -1.35. The summed E-state index contributed by atoms with van der Waals surface area (Å²) in [7, 11) is 0. The van der Waals surface area contributed by atoms with Gasteiger partial charge >= 0.3 is 0 Å². The first kappa shape index (κ1) is 15.5. The lowest BCUT2D eigenvalue weighted by molar-refractivity contribution is 0.0760. The zero-order valence-corrected chi connectivity index (χ0v) is 13.5. The molecule has 3 rings (SSSR count). The van der Waals surface area contributed by atoms with Gasteiger partial charge in [-0.1, -0.05) is 37.5 Å². The quantitative estimate of drug-likeness (QED) is 0.854. The molecule has 22 heavy (non-hydrogen) atoms. The summed E-state index contributed by atoms with van der Waals surface area (Å²) in [6.45, 7) is 5.20. The number of rotatable bonds is 3. The second-order valence-corrected chi connectivity index (χ2v) is 6.82. The van der Waals surface area contributed by atoms with E-state index < -0.39 is 0 Å².